The monoisotopic (exact) mass is 336 g/mol. The zero-order valence-electron chi connectivity index (χ0n) is 14.2. The number of allylic oxidation sites excluding steroid dienone is 3. The maximum Gasteiger partial charge on any atom is 0.305 e. The van der Waals surface area contributed by atoms with E-state index < -0.39 is 23.4 Å². The predicted octanol–water partition coefficient (Wildman–Crippen LogP) is 2.17. The highest BCUT2D eigenvalue weighted by Gasteiger charge is 2.46. The van der Waals surface area contributed by atoms with Crippen LogP contribution >= 0.6 is 0 Å². The van der Waals surface area contributed by atoms with Gasteiger partial charge in [-0.3, -0.25) is 19.2 Å². The molecule has 0 aliphatic heterocycles. The summed E-state index contributed by atoms with van der Waals surface area (Å²) in [7, 11) is 1.34. The van der Waals surface area contributed by atoms with Crippen molar-refractivity contribution in [1.82, 2.24) is 0 Å². The van der Waals surface area contributed by atoms with Crippen molar-refractivity contribution in [1.29, 1.82) is 0 Å². The fourth-order valence-corrected chi connectivity index (χ4v) is 2.43. The van der Waals surface area contributed by atoms with E-state index in [1.807, 2.05) is 6.92 Å². The third kappa shape index (κ3) is 5.76. The predicted molar refractivity (Wildman–Crippen MR) is 87.0 cm³/mol. The molecule has 6 heteroatoms. The number of Topliss-reactive ketones (excluding diaryl/α,β-unsaturated/α-hetero) is 3. The van der Waals surface area contributed by atoms with Crippen LogP contribution in [0.5, 0.6) is 0 Å². The number of rotatable bonds is 10. The molecule has 0 amide bonds. The lowest BCUT2D eigenvalue weighted by Crippen LogP contribution is -2.16. The van der Waals surface area contributed by atoms with Crippen LogP contribution in [0.15, 0.2) is 24.5 Å². The first-order chi connectivity index (χ1) is 11.5. The fraction of sp³-hybridized carbons (Fsp3) is 0.556. The molecule has 0 heterocycles. The first-order valence-corrected chi connectivity index (χ1v) is 8.14. The standard InChI is InChI=1S/C18H24O6/c1-3-24-12-8-10-14-16(20)13(17(21)18(14)22)9-6-4-5-7-11-15(19)23-2/h6,8-9,12-14H,3-5,7,10-11H2,1-2H3. The Morgan fingerprint density at radius 1 is 1.12 bits per heavy atom. The van der Waals surface area contributed by atoms with Gasteiger partial charge in [-0.25, -0.2) is 0 Å². The van der Waals surface area contributed by atoms with Crippen LogP contribution in [-0.4, -0.2) is 37.0 Å². The van der Waals surface area contributed by atoms with Gasteiger partial charge in [0, 0.05) is 6.42 Å². The Kier molecular flexibility index (Phi) is 8.68. The van der Waals surface area contributed by atoms with E-state index in [1.165, 1.54) is 19.4 Å². The van der Waals surface area contributed by atoms with Crippen LogP contribution in [-0.2, 0) is 28.7 Å². The first-order valence-electron chi connectivity index (χ1n) is 8.14. The van der Waals surface area contributed by atoms with E-state index in [2.05, 4.69) is 4.74 Å². The number of unbranched alkanes of at least 4 members (excludes halogenated alkanes) is 2. The summed E-state index contributed by atoms with van der Waals surface area (Å²) in [6.45, 7) is 2.33. The molecule has 0 spiro atoms. The van der Waals surface area contributed by atoms with Gasteiger partial charge in [0.1, 0.15) is 5.92 Å². The van der Waals surface area contributed by atoms with Crippen molar-refractivity contribution >= 4 is 23.3 Å². The molecule has 132 valence electrons. The Labute approximate surface area is 141 Å². The molecule has 24 heavy (non-hydrogen) atoms. The number of methoxy groups -OCH3 is 1. The van der Waals surface area contributed by atoms with Gasteiger partial charge in [-0.15, -0.1) is 0 Å². The van der Waals surface area contributed by atoms with Crippen LogP contribution in [0.2, 0.25) is 0 Å². The lowest BCUT2D eigenvalue weighted by atomic mass is 9.99. The number of ketones is 3. The zero-order valence-corrected chi connectivity index (χ0v) is 14.2. The molecular formula is C18H24O6. The smallest absolute Gasteiger partial charge is 0.305 e. The average molecular weight is 336 g/mol. The molecular weight excluding hydrogens is 312 g/mol. The quantitative estimate of drug-likeness (QED) is 0.152. The van der Waals surface area contributed by atoms with Gasteiger partial charge in [-0.05, 0) is 38.7 Å². The van der Waals surface area contributed by atoms with Crippen LogP contribution in [0.3, 0.4) is 0 Å². The maximum atomic E-state index is 12.2. The summed E-state index contributed by atoms with van der Waals surface area (Å²) >= 11 is 0. The summed E-state index contributed by atoms with van der Waals surface area (Å²) in [5.74, 6) is -3.74. The van der Waals surface area contributed by atoms with Crippen molar-refractivity contribution in [3.05, 3.63) is 24.5 Å². The Morgan fingerprint density at radius 3 is 2.54 bits per heavy atom. The Balaban J connectivity index is 2.46. The van der Waals surface area contributed by atoms with Crippen LogP contribution in [0.1, 0.15) is 39.0 Å². The summed E-state index contributed by atoms with van der Waals surface area (Å²) in [6.07, 6.45) is 8.85. The van der Waals surface area contributed by atoms with Gasteiger partial charge in [0.15, 0.2) is 5.78 Å². The molecule has 0 aromatic carbocycles. The van der Waals surface area contributed by atoms with E-state index in [-0.39, 0.29) is 18.2 Å². The molecule has 1 saturated carbocycles. The fourth-order valence-electron chi connectivity index (χ4n) is 2.43. The lowest BCUT2D eigenvalue weighted by Gasteiger charge is -2.02. The molecule has 0 aromatic heterocycles. The molecule has 6 nitrogen and oxygen atoms in total. The second-order valence-corrected chi connectivity index (χ2v) is 5.47. The van der Waals surface area contributed by atoms with E-state index in [4.69, 9.17) is 4.74 Å². The molecule has 1 rings (SSSR count). The number of carbonyl (C=O) groups is 4. The normalized spacial score (nSPS) is 21.2. The topological polar surface area (TPSA) is 86.7 Å². The van der Waals surface area contributed by atoms with E-state index in [1.54, 1.807) is 12.2 Å². The number of esters is 1. The van der Waals surface area contributed by atoms with Crippen molar-refractivity contribution < 1.29 is 28.7 Å². The van der Waals surface area contributed by atoms with Crippen LogP contribution in [0.4, 0.5) is 0 Å². The molecule has 1 aliphatic carbocycles. The van der Waals surface area contributed by atoms with Crippen LogP contribution in [0.25, 0.3) is 0 Å². The summed E-state index contributed by atoms with van der Waals surface area (Å²) in [5.41, 5.74) is 0. The van der Waals surface area contributed by atoms with Crippen molar-refractivity contribution in [2.24, 2.45) is 11.8 Å². The number of hydrogen-bond acceptors (Lipinski definition) is 6. The molecule has 0 aromatic rings. The van der Waals surface area contributed by atoms with Crippen molar-refractivity contribution in [2.75, 3.05) is 13.7 Å². The number of hydrogen-bond donors (Lipinski definition) is 0. The lowest BCUT2D eigenvalue weighted by molar-refractivity contribution is -0.140. The minimum Gasteiger partial charge on any atom is -0.502 e. The SMILES string of the molecule is CCOC=CCC1C(=O)C(=O)C(C=CCCCCC(=O)OC)C1=O. The van der Waals surface area contributed by atoms with Crippen LogP contribution in [0, 0.1) is 11.8 Å². The second kappa shape index (κ2) is 10.5. The summed E-state index contributed by atoms with van der Waals surface area (Å²) < 4.78 is 9.55. The van der Waals surface area contributed by atoms with E-state index in [9.17, 15) is 19.2 Å². The maximum absolute atomic E-state index is 12.2. The third-order valence-corrected chi connectivity index (χ3v) is 3.78. The summed E-state index contributed by atoms with van der Waals surface area (Å²) in [5, 5.41) is 0. The van der Waals surface area contributed by atoms with Gasteiger partial charge in [0.25, 0.3) is 0 Å². The Bertz CT molecular complexity index is 532. The van der Waals surface area contributed by atoms with E-state index in [0.717, 1.165) is 6.42 Å². The molecule has 0 N–H and O–H groups in total. The van der Waals surface area contributed by atoms with E-state index in [0.29, 0.717) is 25.9 Å². The first kappa shape index (κ1) is 19.8. The van der Waals surface area contributed by atoms with Crippen molar-refractivity contribution in [3.8, 4) is 0 Å². The zero-order chi connectivity index (χ0) is 17.9. The molecule has 1 aliphatic rings. The highest BCUT2D eigenvalue weighted by molar-refractivity contribution is 6.51. The molecule has 2 atom stereocenters. The van der Waals surface area contributed by atoms with Gasteiger partial charge < -0.3 is 9.47 Å². The molecule has 0 bridgehead atoms. The van der Waals surface area contributed by atoms with Gasteiger partial charge in [-0.1, -0.05) is 12.2 Å². The Morgan fingerprint density at radius 2 is 1.88 bits per heavy atom. The van der Waals surface area contributed by atoms with E-state index >= 15 is 0 Å². The average Bonchev–Trinajstić information content (AvgIpc) is 2.78. The molecule has 0 saturated heterocycles. The summed E-state index contributed by atoms with van der Waals surface area (Å²) in [4.78, 5) is 47.0. The largest absolute Gasteiger partial charge is 0.502 e. The molecule has 1 fully saturated rings. The minimum atomic E-state index is -0.969. The summed E-state index contributed by atoms with van der Waals surface area (Å²) in [6, 6.07) is 0. The van der Waals surface area contributed by atoms with Crippen molar-refractivity contribution in [3.63, 3.8) is 0 Å². The van der Waals surface area contributed by atoms with Gasteiger partial charge in [-0.2, -0.15) is 0 Å². The Hall–Kier alpha value is -2.24. The third-order valence-electron chi connectivity index (χ3n) is 3.78. The van der Waals surface area contributed by atoms with Crippen molar-refractivity contribution in [2.45, 2.75) is 39.0 Å². The van der Waals surface area contributed by atoms with Gasteiger partial charge >= 0.3 is 5.97 Å². The number of ether oxygens (including phenoxy) is 2. The second-order valence-electron chi connectivity index (χ2n) is 5.47. The highest BCUT2D eigenvalue weighted by atomic mass is 16.5. The number of carbonyl (C=O) groups excluding carboxylic acids is 4. The molecule has 2 unspecified atom stereocenters. The highest BCUT2D eigenvalue weighted by Crippen LogP contribution is 2.25. The minimum absolute atomic E-state index is 0.187. The van der Waals surface area contributed by atoms with Crippen LogP contribution < -0.4 is 0 Å². The van der Waals surface area contributed by atoms with Gasteiger partial charge in [0.2, 0.25) is 11.6 Å². The van der Waals surface area contributed by atoms with Gasteiger partial charge in [0.05, 0.1) is 25.9 Å². The molecule has 0 radical (unpaired) electrons.